The van der Waals surface area contributed by atoms with Crippen molar-refractivity contribution >= 4 is 0 Å². The number of rotatable bonds is 8. The molecule has 1 heterocycles. The molecular formula is C14H28O6. The molecule has 1 unspecified atom stereocenters. The maximum atomic E-state index is 10.1. The molecule has 5 atom stereocenters. The summed E-state index contributed by atoms with van der Waals surface area (Å²) in [5.41, 5.74) is 0. The van der Waals surface area contributed by atoms with Gasteiger partial charge in [0, 0.05) is 6.42 Å². The van der Waals surface area contributed by atoms with Gasteiger partial charge in [-0.2, -0.15) is 0 Å². The molecule has 0 radical (unpaired) electrons. The van der Waals surface area contributed by atoms with Crippen molar-refractivity contribution in [3.63, 3.8) is 0 Å². The van der Waals surface area contributed by atoms with Crippen molar-refractivity contribution in [2.45, 2.75) is 76.2 Å². The van der Waals surface area contributed by atoms with E-state index in [-0.39, 0.29) is 0 Å². The Bertz CT molecular complexity index is 272. The van der Waals surface area contributed by atoms with Crippen LogP contribution in [0.5, 0.6) is 0 Å². The first-order valence-corrected chi connectivity index (χ1v) is 7.49. The number of ether oxygens (including phenoxy) is 2. The Morgan fingerprint density at radius 1 is 1.05 bits per heavy atom. The van der Waals surface area contributed by atoms with E-state index in [2.05, 4.69) is 6.92 Å². The van der Waals surface area contributed by atoms with Crippen molar-refractivity contribution in [3.05, 3.63) is 0 Å². The summed E-state index contributed by atoms with van der Waals surface area (Å²) in [6.45, 7) is 3.86. The molecule has 4 N–H and O–H groups in total. The highest BCUT2D eigenvalue weighted by atomic mass is 16.7. The SMILES string of the molecule is CCCCCCOC1(CC)O[C@H](CO)[C@@H](O)[C@H](O)[C@H]1O. The molecule has 0 amide bonds. The van der Waals surface area contributed by atoms with Gasteiger partial charge in [-0.3, -0.25) is 0 Å². The zero-order valence-corrected chi connectivity index (χ0v) is 12.4. The normalized spacial score (nSPS) is 38.1. The third-order valence-corrected chi connectivity index (χ3v) is 3.87. The van der Waals surface area contributed by atoms with Gasteiger partial charge >= 0.3 is 0 Å². The van der Waals surface area contributed by atoms with E-state index in [0.29, 0.717) is 13.0 Å². The van der Waals surface area contributed by atoms with Gasteiger partial charge in [0.25, 0.3) is 0 Å². The van der Waals surface area contributed by atoms with E-state index in [4.69, 9.17) is 9.47 Å². The van der Waals surface area contributed by atoms with Crippen molar-refractivity contribution in [3.8, 4) is 0 Å². The zero-order valence-electron chi connectivity index (χ0n) is 12.4. The first-order valence-electron chi connectivity index (χ1n) is 7.49. The Hall–Kier alpha value is -0.240. The average Bonchev–Trinajstić information content (AvgIpc) is 2.47. The van der Waals surface area contributed by atoms with E-state index in [9.17, 15) is 20.4 Å². The van der Waals surface area contributed by atoms with Crippen molar-refractivity contribution < 1.29 is 29.9 Å². The molecule has 20 heavy (non-hydrogen) atoms. The molecule has 1 aliphatic heterocycles. The molecular weight excluding hydrogens is 264 g/mol. The molecule has 0 aromatic rings. The zero-order chi connectivity index (χ0) is 15.2. The summed E-state index contributed by atoms with van der Waals surface area (Å²) in [7, 11) is 0. The lowest BCUT2D eigenvalue weighted by Crippen LogP contribution is -2.65. The minimum absolute atomic E-state index is 0.322. The molecule has 0 spiro atoms. The summed E-state index contributed by atoms with van der Waals surface area (Å²) in [5, 5.41) is 38.9. The average molecular weight is 292 g/mol. The lowest BCUT2D eigenvalue weighted by atomic mass is 9.91. The van der Waals surface area contributed by atoms with Crippen molar-refractivity contribution in [2.24, 2.45) is 0 Å². The van der Waals surface area contributed by atoms with E-state index in [1.807, 2.05) is 0 Å². The van der Waals surface area contributed by atoms with Crippen LogP contribution in [0.3, 0.4) is 0 Å². The van der Waals surface area contributed by atoms with Crippen molar-refractivity contribution in [1.82, 2.24) is 0 Å². The van der Waals surface area contributed by atoms with Crippen molar-refractivity contribution in [1.29, 1.82) is 0 Å². The molecule has 0 saturated carbocycles. The maximum absolute atomic E-state index is 10.1. The van der Waals surface area contributed by atoms with Gasteiger partial charge < -0.3 is 29.9 Å². The second-order valence-corrected chi connectivity index (χ2v) is 5.34. The van der Waals surface area contributed by atoms with Crippen LogP contribution in [0, 0.1) is 0 Å². The van der Waals surface area contributed by atoms with Gasteiger partial charge in [-0.15, -0.1) is 0 Å². The molecule has 0 aromatic heterocycles. The summed E-state index contributed by atoms with van der Waals surface area (Å²) in [5.74, 6) is -1.36. The predicted octanol–water partition coefficient (Wildman–Crippen LogP) is 0.163. The maximum Gasteiger partial charge on any atom is 0.197 e. The Balaban J connectivity index is 2.64. The van der Waals surface area contributed by atoms with Crippen LogP contribution in [0.2, 0.25) is 0 Å². The number of hydrogen-bond acceptors (Lipinski definition) is 6. The van der Waals surface area contributed by atoms with Crippen LogP contribution < -0.4 is 0 Å². The van der Waals surface area contributed by atoms with Crippen LogP contribution in [-0.2, 0) is 9.47 Å². The Labute approximate surface area is 120 Å². The van der Waals surface area contributed by atoms with E-state index >= 15 is 0 Å². The third kappa shape index (κ3) is 3.90. The van der Waals surface area contributed by atoms with Crippen LogP contribution in [-0.4, -0.2) is 63.8 Å². The van der Waals surface area contributed by atoms with Crippen LogP contribution in [0.4, 0.5) is 0 Å². The molecule has 1 fully saturated rings. The monoisotopic (exact) mass is 292 g/mol. The predicted molar refractivity (Wildman–Crippen MR) is 73.1 cm³/mol. The van der Waals surface area contributed by atoms with Crippen LogP contribution in [0.25, 0.3) is 0 Å². The Morgan fingerprint density at radius 2 is 1.75 bits per heavy atom. The molecule has 6 heteroatoms. The Morgan fingerprint density at radius 3 is 2.30 bits per heavy atom. The van der Waals surface area contributed by atoms with E-state index in [1.54, 1.807) is 6.92 Å². The minimum Gasteiger partial charge on any atom is -0.394 e. The van der Waals surface area contributed by atoms with Gasteiger partial charge in [0.05, 0.1) is 13.2 Å². The fourth-order valence-corrected chi connectivity index (χ4v) is 2.50. The molecule has 6 nitrogen and oxygen atoms in total. The summed E-state index contributed by atoms with van der Waals surface area (Å²) in [4.78, 5) is 0. The van der Waals surface area contributed by atoms with E-state index < -0.39 is 36.8 Å². The lowest BCUT2D eigenvalue weighted by Gasteiger charge is -2.47. The second kappa shape index (κ2) is 8.26. The topological polar surface area (TPSA) is 99.4 Å². The van der Waals surface area contributed by atoms with Crippen LogP contribution >= 0.6 is 0 Å². The molecule has 0 aromatic carbocycles. The number of aliphatic hydroxyl groups excluding tert-OH is 4. The van der Waals surface area contributed by atoms with Crippen LogP contribution in [0.1, 0.15) is 46.0 Å². The fraction of sp³-hybridized carbons (Fsp3) is 1.00. The number of hydrogen-bond donors (Lipinski definition) is 4. The smallest absolute Gasteiger partial charge is 0.197 e. The van der Waals surface area contributed by atoms with Crippen LogP contribution in [0.15, 0.2) is 0 Å². The van der Waals surface area contributed by atoms with Gasteiger partial charge in [-0.05, 0) is 6.42 Å². The molecule has 0 aliphatic carbocycles. The first kappa shape index (κ1) is 17.8. The standard InChI is InChI=1S/C14H28O6/c1-3-5-6-7-8-19-14(4-2)13(18)12(17)11(16)10(9-15)20-14/h10-13,15-18H,3-9H2,1-2H3/t10-,11-,12+,13-,14?/m1/s1. The largest absolute Gasteiger partial charge is 0.394 e. The van der Waals surface area contributed by atoms with Crippen molar-refractivity contribution in [2.75, 3.05) is 13.2 Å². The highest BCUT2D eigenvalue weighted by Gasteiger charge is 2.53. The van der Waals surface area contributed by atoms with Gasteiger partial charge in [0.15, 0.2) is 5.79 Å². The van der Waals surface area contributed by atoms with Gasteiger partial charge in [0.1, 0.15) is 24.4 Å². The minimum atomic E-state index is -1.39. The second-order valence-electron chi connectivity index (χ2n) is 5.34. The van der Waals surface area contributed by atoms with E-state index in [1.165, 1.54) is 0 Å². The number of unbranched alkanes of at least 4 members (excludes halogenated alkanes) is 3. The molecule has 1 saturated heterocycles. The summed E-state index contributed by atoms with van der Waals surface area (Å²) in [6, 6.07) is 0. The fourth-order valence-electron chi connectivity index (χ4n) is 2.50. The third-order valence-electron chi connectivity index (χ3n) is 3.87. The highest BCUT2D eigenvalue weighted by molar-refractivity contribution is 4.96. The highest BCUT2D eigenvalue weighted by Crippen LogP contribution is 2.34. The Kier molecular flexibility index (Phi) is 7.36. The summed E-state index contributed by atoms with van der Waals surface area (Å²) in [6.07, 6.45) is -0.574. The summed E-state index contributed by atoms with van der Waals surface area (Å²) < 4.78 is 11.2. The number of aliphatic hydroxyl groups is 4. The molecule has 1 rings (SSSR count). The molecule has 0 bridgehead atoms. The van der Waals surface area contributed by atoms with E-state index in [0.717, 1.165) is 25.7 Å². The quantitative estimate of drug-likeness (QED) is 0.476. The summed E-state index contributed by atoms with van der Waals surface area (Å²) >= 11 is 0. The molecule has 120 valence electrons. The lowest BCUT2D eigenvalue weighted by molar-refractivity contribution is -0.365. The molecule has 1 aliphatic rings. The first-order chi connectivity index (χ1) is 9.52. The van der Waals surface area contributed by atoms with Gasteiger partial charge in [0.2, 0.25) is 0 Å². The van der Waals surface area contributed by atoms with Gasteiger partial charge in [-0.25, -0.2) is 0 Å². The van der Waals surface area contributed by atoms with Gasteiger partial charge in [-0.1, -0.05) is 33.1 Å².